The fourth-order valence-corrected chi connectivity index (χ4v) is 1.90. The number of ether oxygens (including phenoxy) is 1. The molecular weight excluding hydrogens is 308 g/mol. The first-order chi connectivity index (χ1) is 11.0. The summed E-state index contributed by atoms with van der Waals surface area (Å²) < 4.78 is 32.7. The number of nitrogens with zero attached hydrogens (tertiary/aromatic N) is 3. The molecule has 0 aliphatic carbocycles. The number of amides is 2. The van der Waals surface area contributed by atoms with E-state index in [0.29, 0.717) is 5.82 Å². The molecule has 1 aromatic carbocycles. The van der Waals surface area contributed by atoms with Crippen molar-refractivity contribution < 1.29 is 18.3 Å². The standard InChI is InChI=1S/C14H17F2N5O2/c1-9(13-20-18-8-21(13)2)19-14(22)17-5-6-23-10-3-4-11(15)12(16)7-10/h3-4,7-9H,5-6H2,1-2H3,(H2,17,19,22)/t9-/m0/s1. The quantitative estimate of drug-likeness (QED) is 0.789. The molecule has 124 valence electrons. The van der Waals surface area contributed by atoms with Gasteiger partial charge in [0.15, 0.2) is 17.5 Å². The van der Waals surface area contributed by atoms with E-state index in [1.54, 1.807) is 24.9 Å². The summed E-state index contributed by atoms with van der Waals surface area (Å²) in [6, 6.07) is 2.54. The van der Waals surface area contributed by atoms with Gasteiger partial charge in [-0.05, 0) is 19.1 Å². The van der Waals surface area contributed by atoms with Crippen LogP contribution in [-0.2, 0) is 7.05 Å². The summed E-state index contributed by atoms with van der Waals surface area (Å²) in [7, 11) is 1.78. The maximum atomic E-state index is 13.0. The zero-order valence-corrected chi connectivity index (χ0v) is 12.7. The molecular formula is C14H17F2N5O2. The Morgan fingerprint density at radius 3 is 2.83 bits per heavy atom. The third-order valence-corrected chi connectivity index (χ3v) is 3.03. The molecule has 0 saturated carbocycles. The van der Waals surface area contributed by atoms with Gasteiger partial charge in [-0.2, -0.15) is 0 Å². The zero-order valence-electron chi connectivity index (χ0n) is 12.7. The van der Waals surface area contributed by atoms with Gasteiger partial charge in [-0.3, -0.25) is 0 Å². The number of rotatable bonds is 6. The molecule has 9 heteroatoms. The van der Waals surface area contributed by atoms with Gasteiger partial charge in [-0.1, -0.05) is 0 Å². The summed E-state index contributed by atoms with van der Waals surface area (Å²) in [6.07, 6.45) is 1.54. The van der Waals surface area contributed by atoms with E-state index in [-0.39, 0.29) is 24.9 Å². The zero-order chi connectivity index (χ0) is 16.8. The second kappa shape index (κ2) is 7.52. The second-order valence-corrected chi connectivity index (χ2v) is 4.85. The van der Waals surface area contributed by atoms with Crippen molar-refractivity contribution in [2.45, 2.75) is 13.0 Å². The van der Waals surface area contributed by atoms with Crippen molar-refractivity contribution in [2.24, 2.45) is 7.05 Å². The molecule has 23 heavy (non-hydrogen) atoms. The van der Waals surface area contributed by atoms with Crippen LogP contribution in [0, 0.1) is 11.6 Å². The molecule has 0 bridgehead atoms. The number of hydrogen-bond acceptors (Lipinski definition) is 4. The van der Waals surface area contributed by atoms with Crippen molar-refractivity contribution in [1.82, 2.24) is 25.4 Å². The summed E-state index contributed by atoms with van der Waals surface area (Å²) in [5.74, 6) is -1.10. The Morgan fingerprint density at radius 1 is 1.39 bits per heavy atom. The number of carbonyl (C=O) groups is 1. The van der Waals surface area contributed by atoms with E-state index in [0.717, 1.165) is 12.1 Å². The Labute approximate surface area is 131 Å². The van der Waals surface area contributed by atoms with Gasteiger partial charge in [0.1, 0.15) is 18.7 Å². The molecule has 0 aliphatic rings. The molecule has 7 nitrogen and oxygen atoms in total. The first-order valence-electron chi connectivity index (χ1n) is 6.93. The molecule has 1 aromatic heterocycles. The van der Waals surface area contributed by atoms with E-state index in [9.17, 15) is 13.6 Å². The molecule has 1 heterocycles. The van der Waals surface area contributed by atoms with Crippen LogP contribution < -0.4 is 15.4 Å². The minimum Gasteiger partial charge on any atom is -0.492 e. The second-order valence-electron chi connectivity index (χ2n) is 4.85. The Kier molecular flexibility index (Phi) is 5.45. The van der Waals surface area contributed by atoms with Gasteiger partial charge in [0.05, 0.1) is 12.6 Å². The van der Waals surface area contributed by atoms with Gasteiger partial charge in [0.25, 0.3) is 0 Å². The lowest BCUT2D eigenvalue weighted by molar-refractivity contribution is 0.233. The van der Waals surface area contributed by atoms with Crippen molar-refractivity contribution >= 4 is 6.03 Å². The molecule has 2 N–H and O–H groups in total. The van der Waals surface area contributed by atoms with Crippen LogP contribution >= 0.6 is 0 Å². The van der Waals surface area contributed by atoms with E-state index in [1.165, 1.54) is 6.07 Å². The number of halogens is 2. The van der Waals surface area contributed by atoms with Crippen molar-refractivity contribution in [3.63, 3.8) is 0 Å². The first kappa shape index (κ1) is 16.7. The molecule has 0 saturated heterocycles. The predicted molar refractivity (Wildman–Crippen MR) is 77.8 cm³/mol. The predicted octanol–water partition coefficient (Wildman–Crippen LogP) is 1.53. The average molecular weight is 325 g/mol. The van der Waals surface area contributed by atoms with Gasteiger partial charge in [0.2, 0.25) is 0 Å². The number of aromatic nitrogens is 3. The van der Waals surface area contributed by atoms with E-state index in [4.69, 9.17) is 4.74 Å². The highest BCUT2D eigenvalue weighted by molar-refractivity contribution is 5.74. The molecule has 1 atom stereocenters. The number of hydrogen-bond donors (Lipinski definition) is 2. The molecule has 0 unspecified atom stereocenters. The average Bonchev–Trinajstić information content (AvgIpc) is 2.93. The smallest absolute Gasteiger partial charge is 0.315 e. The minimum absolute atomic E-state index is 0.122. The van der Waals surface area contributed by atoms with Crippen molar-refractivity contribution in [1.29, 1.82) is 0 Å². The van der Waals surface area contributed by atoms with Gasteiger partial charge in [-0.15, -0.1) is 10.2 Å². The molecule has 0 spiro atoms. The topological polar surface area (TPSA) is 81.1 Å². The minimum atomic E-state index is -0.981. The van der Waals surface area contributed by atoms with E-state index in [2.05, 4.69) is 20.8 Å². The molecule has 0 aliphatic heterocycles. The number of aryl methyl sites for hydroxylation is 1. The van der Waals surface area contributed by atoms with E-state index < -0.39 is 17.7 Å². The van der Waals surface area contributed by atoms with Gasteiger partial charge in [-0.25, -0.2) is 13.6 Å². The Balaban J connectivity index is 1.70. The largest absolute Gasteiger partial charge is 0.492 e. The summed E-state index contributed by atoms with van der Waals surface area (Å²) in [5.41, 5.74) is 0. The number of benzene rings is 1. The number of nitrogens with one attached hydrogen (secondary N) is 2. The van der Waals surface area contributed by atoms with Crippen LogP contribution in [0.3, 0.4) is 0 Å². The normalized spacial score (nSPS) is 11.8. The highest BCUT2D eigenvalue weighted by Gasteiger charge is 2.13. The van der Waals surface area contributed by atoms with Crippen LogP contribution in [0.4, 0.5) is 13.6 Å². The lowest BCUT2D eigenvalue weighted by Gasteiger charge is -2.14. The maximum Gasteiger partial charge on any atom is 0.315 e. The summed E-state index contributed by atoms with van der Waals surface area (Å²) in [6.45, 7) is 2.11. The van der Waals surface area contributed by atoms with Crippen molar-refractivity contribution in [3.05, 3.63) is 42.0 Å². The molecule has 2 rings (SSSR count). The lowest BCUT2D eigenvalue weighted by atomic mass is 10.3. The van der Waals surface area contributed by atoms with Gasteiger partial charge >= 0.3 is 6.03 Å². The highest BCUT2D eigenvalue weighted by Crippen LogP contribution is 2.15. The molecule has 0 radical (unpaired) electrons. The number of carbonyl (C=O) groups excluding carboxylic acids is 1. The summed E-state index contributed by atoms with van der Waals surface area (Å²) in [5, 5.41) is 12.9. The Morgan fingerprint density at radius 2 is 2.17 bits per heavy atom. The van der Waals surface area contributed by atoms with Crippen LogP contribution in [0.25, 0.3) is 0 Å². The fourth-order valence-electron chi connectivity index (χ4n) is 1.90. The monoisotopic (exact) mass is 325 g/mol. The highest BCUT2D eigenvalue weighted by atomic mass is 19.2. The van der Waals surface area contributed by atoms with Crippen molar-refractivity contribution in [2.75, 3.05) is 13.2 Å². The molecule has 2 aromatic rings. The summed E-state index contributed by atoms with van der Waals surface area (Å²) >= 11 is 0. The van der Waals surface area contributed by atoms with Crippen LogP contribution in [0.15, 0.2) is 24.5 Å². The Hall–Kier alpha value is -2.71. The molecule has 2 amide bonds. The van der Waals surface area contributed by atoms with Crippen LogP contribution in [-0.4, -0.2) is 33.9 Å². The Bertz CT molecular complexity index is 677. The van der Waals surface area contributed by atoms with Crippen LogP contribution in [0.1, 0.15) is 18.8 Å². The number of urea groups is 1. The third-order valence-electron chi connectivity index (χ3n) is 3.03. The lowest BCUT2D eigenvalue weighted by Crippen LogP contribution is -2.39. The van der Waals surface area contributed by atoms with Gasteiger partial charge < -0.3 is 19.9 Å². The van der Waals surface area contributed by atoms with E-state index in [1.807, 2.05) is 0 Å². The van der Waals surface area contributed by atoms with Gasteiger partial charge in [0, 0.05) is 13.1 Å². The maximum absolute atomic E-state index is 13.0. The van der Waals surface area contributed by atoms with Crippen molar-refractivity contribution in [3.8, 4) is 5.75 Å². The third kappa shape index (κ3) is 4.63. The molecule has 0 fully saturated rings. The first-order valence-corrected chi connectivity index (χ1v) is 6.93. The van der Waals surface area contributed by atoms with Crippen LogP contribution in [0.2, 0.25) is 0 Å². The van der Waals surface area contributed by atoms with E-state index >= 15 is 0 Å². The SMILES string of the molecule is C[C@H](NC(=O)NCCOc1ccc(F)c(F)c1)c1nncn1C. The van der Waals surface area contributed by atoms with Crippen LogP contribution in [0.5, 0.6) is 5.75 Å². The summed E-state index contributed by atoms with van der Waals surface area (Å²) in [4.78, 5) is 11.7. The fraction of sp³-hybridized carbons (Fsp3) is 0.357.